The van der Waals surface area contributed by atoms with Gasteiger partial charge < -0.3 is 30.3 Å². The molecule has 290 valence electrons. The number of aryl methyl sites for hydroxylation is 2. The van der Waals surface area contributed by atoms with Gasteiger partial charge in [-0.25, -0.2) is 0 Å². The van der Waals surface area contributed by atoms with E-state index < -0.39 is 36.0 Å². The Morgan fingerprint density at radius 3 is 1.02 bits per heavy atom. The lowest BCUT2D eigenvalue weighted by molar-refractivity contribution is -0.150. The molecule has 2 aromatic rings. The maximum absolute atomic E-state index is 12.6. The molecule has 52 heavy (non-hydrogen) atoms. The number of benzene rings is 2. The molecule has 10 nitrogen and oxygen atoms in total. The molecule has 0 bridgehead atoms. The molecule has 0 spiro atoms. The third-order valence-electron chi connectivity index (χ3n) is 8.78. The Kier molecular flexibility index (Phi) is 14.6. The summed E-state index contributed by atoms with van der Waals surface area (Å²) in [6.07, 6.45) is -0.292. The van der Waals surface area contributed by atoms with Crippen molar-refractivity contribution in [3.8, 4) is 11.5 Å². The second-order valence-corrected chi connectivity index (χ2v) is 18.1. The number of ether oxygens (including phenoxy) is 2. The Balaban J connectivity index is 1.82. The van der Waals surface area contributed by atoms with E-state index in [0.29, 0.717) is 12.8 Å². The molecule has 2 atom stereocenters. The van der Waals surface area contributed by atoms with Crippen LogP contribution >= 0.6 is 0 Å². The highest BCUT2D eigenvalue weighted by Gasteiger charge is 2.28. The topological polar surface area (TPSA) is 151 Å². The number of amides is 2. The molecule has 0 aromatic heterocycles. The summed E-state index contributed by atoms with van der Waals surface area (Å²) in [4.78, 5) is 50.1. The monoisotopic (exact) mass is 724 g/mol. The van der Waals surface area contributed by atoms with Gasteiger partial charge in [-0.1, -0.05) is 107 Å². The second-order valence-electron chi connectivity index (χ2n) is 18.1. The van der Waals surface area contributed by atoms with Gasteiger partial charge in [-0.05, 0) is 81.7 Å². The number of nitrogens with one attached hydrogen (secondary N) is 2. The van der Waals surface area contributed by atoms with Crippen LogP contribution in [0, 0.1) is 0 Å². The van der Waals surface area contributed by atoms with Crippen molar-refractivity contribution in [2.24, 2.45) is 0 Å². The van der Waals surface area contributed by atoms with Crippen LogP contribution in [0.2, 0.25) is 0 Å². The number of hydrogen-bond donors (Lipinski definition) is 4. The van der Waals surface area contributed by atoms with Crippen LogP contribution in [-0.2, 0) is 63.2 Å². The number of esters is 2. The fraction of sp³-hybridized carbons (Fsp3) is 0.619. The molecule has 0 aliphatic heterocycles. The van der Waals surface area contributed by atoms with E-state index in [1.807, 2.05) is 107 Å². The lowest BCUT2D eigenvalue weighted by atomic mass is 9.78. The van der Waals surface area contributed by atoms with Crippen molar-refractivity contribution in [1.82, 2.24) is 10.6 Å². The van der Waals surface area contributed by atoms with Gasteiger partial charge in [-0.15, -0.1) is 0 Å². The SMILES string of the molecule is CC(CNC(=O)C(=O)NCC(C)OC(=O)CCc1cc(C(C)(C)C)c(O)c(C(C)(C)C)c1)OC(=O)CCc1cc(C(C)(C)C)c(O)c(C(C)(C)C)c1. The summed E-state index contributed by atoms with van der Waals surface area (Å²) in [6.45, 7) is 27.5. The Morgan fingerprint density at radius 2 is 0.788 bits per heavy atom. The molecule has 2 aromatic carbocycles. The zero-order chi connectivity index (χ0) is 40.0. The van der Waals surface area contributed by atoms with E-state index in [0.717, 1.165) is 33.4 Å². The van der Waals surface area contributed by atoms with Gasteiger partial charge in [0.2, 0.25) is 0 Å². The maximum Gasteiger partial charge on any atom is 0.309 e. The lowest BCUT2D eigenvalue weighted by Crippen LogP contribution is -2.45. The van der Waals surface area contributed by atoms with Crippen molar-refractivity contribution >= 4 is 23.8 Å². The van der Waals surface area contributed by atoms with E-state index >= 15 is 0 Å². The number of carbonyl (C=O) groups is 4. The molecule has 0 saturated heterocycles. The van der Waals surface area contributed by atoms with Crippen molar-refractivity contribution in [2.45, 2.75) is 156 Å². The van der Waals surface area contributed by atoms with Gasteiger partial charge >= 0.3 is 23.8 Å². The van der Waals surface area contributed by atoms with Gasteiger partial charge in [-0.2, -0.15) is 0 Å². The fourth-order valence-electron chi connectivity index (χ4n) is 5.74. The molecule has 0 radical (unpaired) electrons. The predicted molar refractivity (Wildman–Crippen MR) is 205 cm³/mol. The molecule has 2 rings (SSSR count). The van der Waals surface area contributed by atoms with E-state index in [9.17, 15) is 29.4 Å². The van der Waals surface area contributed by atoms with Crippen LogP contribution in [0.25, 0.3) is 0 Å². The van der Waals surface area contributed by atoms with Crippen molar-refractivity contribution < 1.29 is 38.9 Å². The number of carbonyl (C=O) groups excluding carboxylic acids is 4. The first kappa shape index (κ1) is 44.1. The van der Waals surface area contributed by atoms with Gasteiger partial charge in [0, 0.05) is 12.8 Å². The molecule has 0 fully saturated rings. The highest BCUT2D eigenvalue weighted by atomic mass is 16.5. The number of phenolic OH excluding ortho intramolecular Hbond substituents is 2. The average Bonchev–Trinajstić information content (AvgIpc) is 2.99. The van der Waals surface area contributed by atoms with Crippen LogP contribution < -0.4 is 10.6 Å². The van der Waals surface area contributed by atoms with Crippen LogP contribution in [0.15, 0.2) is 24.3 Å². The van der Waals surface area contributed by atoms with Crippen LogP contribution in [0.4, 0.5) is 0 Å². The minimum Gasteiger partial charge on any atom is -0.507 e. The Morgan fingerprint density at radius 1 is 0.538 bits per heavy atom. The zero-order valence-electron chi connectivity index (χ0n) is 34.1. The number of rotatable bonds is 12. The summed E-state index contributed by atoms with van der Waals surface area (Å²) in [5.41, 5.74) is 3.97. The Hall–Kier alpha value is -4.08. The van der Waals surface area contributed by atoms with Gasteiger partial charge in [0.1, 0.15) is 23.7 Å². The highest BCUT2D eigenvalue weighted by Crippen LogP contribution is 2.41. The molecule has 0 aliphatic carbocycles. The standard InChI is InChI=1S/C42H64N2O8/c1-25(51-33(45)17-15-27-19-29(39(3,4)5)35(47)30(20-27)40(6,7)8)23-43-37(49)38(50)44-24-26(2)52-34(46)18-16-28-21-31(41(9,10)11)36(48)32(22-28)42(12,13)14/h19-22,25-26,47-48H,15-18,23-24H2,1-14H3,(H,43,49)(H,44,50). The molecule has 2 amide bonds. The molecule has 4 N–H and O–H groups in total. The molecule has 0 saturated carbocycles. The van der Waals surface area contributed by atoms with Gasteiger partial charge in [-0.3, -0.25) is 19.2 Å². The number of aromatic hydroxyl groups is 2. The quantitative estimate of drug-likeness (QED) is 0.136. The van der Waals surface area contributed by atoms with Crippen LogP contribution in [0.3, 0.4) is 0 Å². The summed E-state index contributed by atoms with van der Waals surface area (Å²) >= 11 is 0. The smallest absolute Gasteiger partial charge is 0.309 e. The largest absolute Gasteiger partial charge is 0.507 e. The first-order chi connectivity index (χ1) is 23.6. The third-order valence-corrected chi connectivity index (χ3v) is 8.78. The van der Waals surface area contributed by atoms with E-state index in [-0.39, 0.29) is 59.1 Å². The molecule has 2 unspecified atom stereocenters. The van der Waals surface area contributed by atoms with Gasteiger partial charge in [0.05, 0.1) is 13.1 Å². The maximum atomic E-state index is 12.6. The van der Waals surface area contributed by atoms with E-state index in [4.69, 9.17) is 9.47 Å². The summed E-state index contributed by atoms with van der Waals surface area (Å²) in [5.74, 6) is -2.13. The average molecular weight is 725 g/mol. The van der Waals surface area contributed by atoms with E-state index in [2.05, 4.69) is 10.6 Å². The van der Waals surface area contributed by atoms with Gasteiger partial charge in [0.15, 0.2) is 0 Å². The second kappa shape index (κ2) is 17.2. The predicted octanol–water partition coefficient (Wildman–Crippen LogP) is 6.95. The van der Waals surface area contributed by atoms with Crippen LogP contribution in [0.1, 0.15) is 143 Å². The zero-order valence-corrected chi connectivity index (χ0v) is 34.1. The summed E-state index contributed by atoms with van der Waals surface area (Å²) < 4.78 is 10.9. The fourth-order valence-corrected chi connectivity index (χ4v) is 5.74. The summed E-state index contributed by atoms with van der Waals surface area (Å²) in [7, 11) is 0. The number of phenols is 2. The Labute approximate surface area is 311 Å². The van der Waals surface area contributed by atoms with Crippen LogP contribution in [-0.4, -0.2) is 59.3 Å². The molecular weight excluding hydrogens is 660 g/mol. The normalized spacial score (nSPS) is 13.6. The molecule has 0 heterocycles. The van der Waals surface area contributed by atoms with E-state index in [1.165, 1.54) is 0 Å². The van der Waals surface area contributed by atoms with Crippen molar-refractivity contribution in [3.05, 3.63) is 57.6 Å². The van der Waals surface area contributed by atoms with Gasteiger partial charge in [0.25, 0.3) is 0 Å². The van der Waals surface area contributed by atoms with Crippen LogP contribution in [0.5, 0.6) is 11.5 Å². The third kappa shape index (κ3) is 13.2. The molecule has 0 aliphatic rings. The molecule has 10 heteroatoms. The first-order valence-electron chi connectivity index (χ1n) is 18.3. The highest BCUT2D eigenvalue weighted by molar-refractivity contribution is 6.35. The number of hydrogen-bond acceptors (Lipinski definition) is 8. The van der Waals surface area contributed by atoms with E-state index in [1.54, 1.807) is 13.8 Å². The van der Waals surface area contributed by atoms with Crippen molar-refractivity contribution in [1.29, 1.82) is 0 Å². The molecular formula is C42H64N2O8. The lowest BCUT2D eigenvalue weighted by Gasteiger charge is -2.28. The summed E-state index contributed by atoms with van der Waals surface area (Å²) in [6, 6.07) is 7.74. The minimum atomic E-state index is -0.897. The minimum absolute atomic E-state index is 0.0603. The summed E-state index contributed by atoms with van der Waals surface area (Å²) in [5, 5.41) is 26.8. The first-order valence-corrected chi connectivity index (χ1v) is 18.3. The van der Waals surface area contributed by atoms with Crippen molar-refractivity contribution in [2.75, 3.05) is 13.1 Å². The Bertz CT molecular complexity index is 1410. The van der Waals surface area contributed by atoms with Crippen molar-refractivity contribution in [3.63, 3.8) is 0 Å².